The summed E-state index contributed by atoms with van der Waals surface area (Å²) < 4.78 is 0.860. The summed E-state index contributed by atoms with van der Waals surface area (Å²) >= 11 is 3.39. The van der Waals surface area contributed by atoms with E-state index in [1.807, 2.05) is 24.3 Å². The normalized spacial score (nSPS) is 11.5. The highest BCUT2D eigenvalue weighted by atomic mass is 79.9. The van der Waals surface area contributed by atoms with Crippen LogP contribution in [0.1, 0.15) is 18.1 Å². The third-order valence-electron chi connectivity index (χ3n) is 4.19. The van der Waals surface area contributed by atoms with Gasteiger partial charge in [-0.25, -0.2) is 0 Å². The number of nitrogens with zero attached hydrogens (tertiary/aromatic N) is 2. The van der Waals surface area contributed by atoms with Crippen LogP contribution in [0.15, 0.2) is 53.0 Å². The maximum Gasteiger partial charge on any atom is 0.273 e. The van der Waals surface area contributed by atoms with Crippen molar-refractivity contribution in [2.45, 2.75) is 25.9 Å². The number of halogens is 1. The molecule has 0 aliphatic rings. The molecule has 0 saturated heterocycles. The van der Waals surface area contributed by atoms with Crippen molar-refractivity contribution in [3.63, 3.8) is 0 Å². The minimum Gasteiger partial charge on any atom is -0.357 e. The standard InChI is InChI=1S/C19H20BrN3O4/c1-13(19(25)21-2)22(12-14-6-5-8-16(20)10-14)18(24)11-15-7-3-4-9-17(15)23(26)27/h3-10,13H,11-12H2,1-2H3,(H,21,25)/t13-/m1/s1. The SMILES string of the molecule is CNC(=O)[C@@H](C)N(Cc1cccc(Br)c1)C(=O)Cc1ccccc1[N+](=O)[O-]. The maximum atomic E-state index is 13.0. The molecule has 0 spiro atoms. The molecular weight excluding hydrogens is 414 g/mol. The van der Waals surface area contributed by atoms with Gasteiger partial charge < -0.3 is 10.2 Å². The summed E-state index contributed by atoms with van der Waals surface area (Å²) in [6.45, 7) is 1.85. The molecule has 2 aromatic carbocycles. The molecule has 0 fully saturated rings. The van der Waals surface area contributed by atoms with Gasteiger partial charge in [0.05, 0.1) is 11.3 Å². The van der Waals surface area contributed by atoms with Crippen LogP contribution in [-0.2, 0) is 22.6 Å². The molecule has 0 heterocycles. The zero-order valence-corrected chi connectivity index (χ0v) is 16.6. The number of carbonyl (C=O) groups excluding carboxylic acids is 2. The van der Waals surface area contributed by atoms with E-state index in [1.54, 1.807) is 25.1 Å². The summed E-state index contributed by atoms with van der Waals surface area (Å²) in [7, 11) is 1.50. The van der Waals surface area contributed by atoms with E-state index in [4.69, 9.17) is 0 Å². The highest BCUT2D eigenvalue weighted by Gasteiger charge is 2.27. The van der Waals surface area contributed by atoms with Crippen molar-refractivity contribution >= 4 is 33.4 Å². The number of nitrogens with one attached hydrogen (secondary N) is 1. The zero-order valence-electron chi connectivity index (χ0n) is 15.0. The molecule has 0 aliphatic carbocycles. The van der Waals surface area contributed by atoms with E-state index in [1.165, 1.54) is 18.0 Å². The Balaban J connectivity index is 2.31. The molecule has 0 radical (unpaired) electrons. The second-order valence-corrected chi connectivity index (χ2v) is 6.92. The molecule has 7 nitrogen and oxygen atoms in total. The third kappa shape index (κ3) is 5.37. The van der Waals surface area contributed by atoms with E-state index in [-0.39, 0.29) is 30.5 Å². The summed E-state index contributed by atoms with van der Waals surface area (Å²) in [4.78, 5) is 37.2. The minimum atomic E-state index is -0.718. The smallest absolute Gasteiger partial charge is 0.273 e. The van der Waals surface area contributed by atoms with Crippen molar-refractivity contribution in [2.75, 3.05) is 7.05 Å². The first-order chi connectivity index (χ1) is 12.8. The fourth-order valence-electron chi connectivity index (χ4n) is 2.73. The Hall–Kier alpha value is -2.74. The molecule has 0 unspecified atom stereocenters. The van der Waals surface area contributed by atoms with Crippen LogP contribution in [0.4, 0.5) is 5.69 Å². The molecule has 0 bridgehead atoms. The number of para-hydroxylation sites is 1. The average molecular weight is 434 g/mol. The van der Waals surface area contributed by atoms with Gasteiger partial charge in [-0.05, 0) is 24.6 Å². The lowest BCUT2D eigenvalue weighted by atomic mass is 10.1. The number of likely N-dealkylation sites (N-methyl/N-ethyl adjacent to an activating group) is 1. The molecule has 1 atom stereocenters. The number of hydrogen-bond donors (Lipinski definition) is 1. The van der Waals surface area contributed by atoms with Gasteiger partial charge in [-0.2, -0.15) is 0 Å². The van der Waals surface area contributed by atoms with Crippen LogP contribution in [-0.4, -0.2) is 34.7 Å². The van der Waals surface area contributed by atoms with Crippen molar-refractivity contribution in [3.05, 3.63) is 74.2 Å². The van der Waals surface area contributed by atoms with Gasteiger partial charge in [0.25, 0.3) is 5.69 Å². The minimum absolute atomic E-state index is 0.110. The van der Waals surface area contributed by atoms with Crippen LogP contribution in [0.3, 0.4) is 0 Å². The molecule has 27 heavy (non-hydrogen) atoms. The van der Waals surface area contributed by atoms with Crippen LogP contribution in [0.2, 0.25) is 0 Å². The third-order valence-corrected chi connectivity index (χ3v) is 4.68. The number of amides is 2. The molecule has 0 saturated carbocycles. The van der Waals surface area contributed by atoms with Gasteiger partial charge in [-0.15, -0.1) is 0 Å². The molecule has 8 heteroatoms. The molecule has 1 N–H and O–H groups in total. The predicted octanol–water partition coefficient (Wildman–Crippen LogP) is 3.06. The molecular formula is C19H20BrN3O4. The highest BCUT2D eigenvalue weighted by Crippen LogP contribution is 2.21. The van der Waals surface area contributed by atoms with E-state index >= 15 is 0 Å². The Morgan fingerprint density at radius 2 is 1.93 bits per heavy atom. The van der Waals surface area contributed by atoms with Gasteiger partial charge in [0.2, 0.25) is 11.8 Å². The van der Waals surface area contributed by atoms with E-state index in [2.05, 4.69) is 21.2 Å². The van der Waals surface area contributed by atoms with Crippen molar-refractivity contribution in [3.8, 4) is 0 Å². The van der Waals surface area contributed by atoms with Crippen LogP contribution in [0.5, 0.6) is 0 Å². The molecule has 0 aromatic heterocycles. The number of benzene rings is 2. The fourth-order valence-corrected chi connectivity index (χ4v) is 3.17. The number of rotatable bonds is 7. The highest BCUT2D eigenvalue weighted by molar-refractivity contribution is 9.10. The van der Waals surface area contributed by atoms with E-state index in [0.29, 0.717) is 5.56 Å². The van der Waals surface area contributed by atoms with Crippen LogP contribution in [0, 0.1) is 10.1 Å². The number of nitro groups is 1. The first kappa shape index (κ1) is 20.6. The van der Waals surface area contributed by atoms with Gasteiger partial charge >= 0.3 is 0 Å². The summed E-state index contributed by atoms with van der Waals surface area (Å²) in [5.41, 5.74) is 1.05. The Bertz CT molecular complexity index is 856. The van der Waals surface area contributed by atoms with Crippen molar-refractivity contribution in [1.29, 1.82) is 0 Å². The van der Waals surface area contributed by atoms with E-state index in [9.17, 15) is 19.7 Å². The summed E-state index contributed by atoms with van der Waals surface area (Å²) in [5.74, 6) is -0.665. The first-order valence-corrected chi connectivity index (χ1v) is 9.10. The summed E-state index contributed by atoms with van der Waals surface area (Å²) in [6, 6.07) is 12.8. The van der Waals surface area contributed by atoms with E-state index in [0.717, 1.165) is 10.0 Å². The van der Waals surface area contributed by atoms with Crippen molar-refractivity contribution in [2.24, 2.45) is 0 Å². The second kappa shape index (κ2) is 9.27. The summed E-state index contributed by atoms with van der Waals surface area (Å²) in [5, 5.41) is 13.7. The topological polar surface area (TPSA) is 92.6 Å². The van der Waals surface area contributed by atoms with Gasteiger partial charge in [-0.1, -0.05) is 46.3 Å². The predicted molar refractivity (Wildman–Crippen MR) is 105 cm³/mol. The average Bonchev–Trinajstić information content (AvgIpc) is 2.65. The molecule has 2 aromatic rings. The first-order valence-electron chi connectivity index (χ1n) is 8.31. The lowest BCUT2D eigenvalue weighted by Gasteiger charge is -2.28. The lowest BCUT2D eigenvalue weighted by molar-refractivity contribution is -0.385. The van der Waals surface area contributed by atoms with Crippen LogP contribution in [0.25, 0.3) is 0 Å². The van der Waals surface area contributed by atoms with Gasteiger partial charge in [-0.3, -0.25) is 19.7 Å². The molecule has 2 rings (SSSR count). The zero-order chi connectivity index (χ0) is 20.0. The Kier molecular flexibility index (Phi) is 7.06. The molecule has 0 aliphatic heterocycles. The Morgan fingerprint density at radius 1 is 1.22 bits per heavy atom. The second-order valence-electron chi connectivity index (χ2n) is 6.00. The number of nitro benzene ring substituents is 1. The van der Waals surface area contributed by atoms with Crippen molar-refractivity contribution in [1.82, 2.24) is 10.2 Å². The molecule has 142 valence electrons. The lowest BCUT2D eigenvalue weighted by Crippen LogP contribution is -2.47. The van der Waals surface area contributed by atoms with Crippen molar-refractivity contribution < 1.29 is 14.5 Å². The van der Waals surface area contributed by atoms with Gasteiger partial charge in [0.15, 0.2) is 0 Å². The number of carbonyl (C=O) groups is 2. The Labute approximate surface area is 165 Å². The quantitative estimate of drug-likeness (QED) is 0.536. The van der Waals surface area contributed by atoms with Gasteiger partial charge in [0, 0.05) is 29.7 Å². The fraction of sp³-hybridized carbons (Fsp3) is 0.263. The molecule has 2 amide bonds. The van der Waals surface area contributed by atoms with E-state index < -0.39 is 11.0 Å². The maximum absolute atomic E-state index is 13.0. The largest absolute Gasteiger partial charge is 0.357 e. The Morgan fingerprint density at radius 3 is 2.56 bits per heavy atom. The summed E-state index contributed by atoms with van der Waals surface area (Å²) in [6.07, 6.45) is -0.160. The number of hydrogen-bond acceptors (Lipinski definition) is 4. The van der Waals surface area contributed by atoms with Crippen LogP contribution < -0.4 is 5.32 Å². The van der Waals surface area contributed by atoms with Crippen LogP contribution >= 0.6 is 15.9 Å². The van der Waals surface area contributed by atoms with Gasteiger partial charge in [0.1, 0.15) is 6.04 Å². The monoisotopic (exact) mass is 433 g/mol.